The summed E-state index contributed by atoms with van der Waals surface area (Å²) in [6, 6.07) is 15.2. The van der Waals surface area contributed by atoms with Gasteiger partial charge in [0, 0.05) is 45.2 Å². The SMILES string of the molecule is CCOCCCNC(=O)c1cc(NC(=O)[C@H](CC)c2ccccc2)ccc1N(C)C. The summed E-state index contributed by atoms with van der Waals surface area (Å²) in [5, 5.41) is 5.91. The molecule has 6 heteroatoms. The van der Waals surface area contributed by atoms with Crippen molar-refractivity contribution < 1.29 is 14.3 Å². The molecule has 0 bridgehead atoms. The second kappa shape index (κ2) is 12.0. The van der Waals surface area contributed by atoms with Crippen LogP contribution >= 0.6 is 0 Å². The molecular weight excluding hydrogens is 378 g/mol. The zero-order valence-electron chi connectivity index (χ0n) is 18.4. The number of carbonyl (C=O) groups excluding carboxylic acids is 2. The summed E-state index contributed by atoms with van der Waals surface area (Å²) in [7, 11) is 3.78. The van der Waals surface area contributed by atoms with Gasteiger partial charge in [-0.05, 0) is 43.5 Å². The van der Waals surface area contributed by atoms with Crippen LogP contribution in [0.15, 0.2) is 48.5 Å². The summed E-state index contributed by atoms with van der Waals surface area (Å²) in [5.74, 6) is -0.485. The van der Waals surface area contributed by atoms with Gasteiger partial charge >= 0.3 is 0 Å². The zero-order chi connectivity index (χ0) is 21.9. The van der Waals surface area contributed by atoms with E-state index in [0.29, 0.717) is 37.4 Å². The lowest BCUT2D eigenvalue weighted by Gasteiger charge is -2.20. The van der Waals surface area contributed by atoms with Crippen LogP contribution in [0, 0.1) is 0 Å². The standard InChI is InChI=1S/C24H33N3O3/c1-5-20(18-11-8-7-9-12-18)24(29)26-19-13-14-22(27(3)4)21(17-19)23(28)25-15-10-16-30-6-2/h7-9,11-14,17,20H,5-6,10,15-16H2,1-4H3,(H,25,28)(H,26,29)/t20-/m1/s1. The summed E-state index contributed by atoms with van der Waals surface area (Å²) in [4.78, 5) is 27.5. The summed E-state index contributed by atoms with van der Waals surface area (Å²) < 4.78 is 5.31. The number of hydrogen-bond donors (Lipinski definition) is 2. The van der Waals surface area contributed by atoms with Crippen molar-refractivity contribution in [3.63, 3.8) is 0 Å². The minimum absolute atomic E-state index is 0.0793. The number of ether oxygens (including phenoxy) is 1. The van der Waals surface area contributed by atoms with Gasteiger partial charge in [0.15, 0.2) is 0 Å². The molecule has 1 atom stereocenters. The van der Waals surface area contributed by atoms with Gasteiger partial charge in [-0.1, -0.05) is 37.3 Å². The third-order valence-electron chi connectivity index (χ3n) is 4.87. The van der Waals surface area contributed by atoms with Gasteiger partial charge in [0.25, 0.3) is 5.91 Å². The maximum absolute atomic E-state index is 12.9. The molecule has 0 saturated carbocycles. The van der Waals surface area contributed by atoms with Crippen LogP contribution in [0.5, 0.6) is 0 Å². The lowest BCUT2D eigenvalue weighted by atomic mass is 9.95. The molecule has 0 unspecified atom stereocenters. The topological polar surface area (TPSA) is 70.7 Å². The first-order valence-electron chi connectivity index (χ1n) is 10.5. The monoisotopic (exact) mass is 411 g/mol. The van der Waals surface area contributed by atoms with Gasteiger partial charge in [0.1, 0.15) is 0 Å². The van der Waals surface area contributed by atoms with E-state index in [1.54, 1.807) is 6.07 Å². The summed E-state index contributed by atoms with van der Waals surface area (Å²) in [6.45, 7) is 5.76. The first kappa shape index (κ1) is 23.4. The number of amides is 2. The molecule has 2 aromatic rings. The van der Waals surface area contributed by atoms with Crippen LogP contribution in [0.2, 0.25) is 0 Å². The molecule has 162 valence electrons. The average Bonchev–Trinajstić information content (AvgIpc) is 2.74. The van der Waals surface area contributed by atoms with Crippen molar-refractivity contribution in [2.24, 2.45) is 0 Å². The van der Waals surface area contributed by atoms with Crippen LogP contribution in [0.25, 0.3) is 0 Å². The third-order valence-corrected chi connectivity index (χ3v) is 4.87. The first-order chi connectivity index (χ1) is 14.5. The maximum atomic E-state index is 12.9. The Bertz CT molecular complexity index is 822. The normalized spacial score (nSPS) is 11.6. The fourth-order valence-corrected chi connectivity index (χ4v) is 3.29. The largest absolute Gasteiger partial charge is 0.382 e. The lowest BCUT2D eigenvalue weighted by molar-refractivity contribution is -0.117. The quantitative estimate of drug-likeness (QED) is 0.548. The van der Waals surface area contributed by atoms with Crippen LogP contribution in [-0.2, 0) is 9.53 Å². The Balaban J connectivity index is 2.14. The fourth-order valence-electron chi connectivity index (χ4n) is 3.29. The summed E-state index contributed by atoms with van der Waals surface area (Å²) in [6.07, 6.45) is 1.45. The number of anilines is 2. The molecule has 2 rings (SSSR count). The van der Waals surface area contributed by atoms with E-state index in [1.807, 2.05) is 75.3 Å². The Kier molecular flexibility index (Phi) is 9.35. The van der Waals surface area contributed by atoms with Crippen LogP contribution < -0.4 is 15.5 Å². The second-order valence-corrected chi connectivity index (χ2v) is 7.29. The van der Waals surface area contributed by atoms with Crippen molar-refractivity contribution in [1.82, 2.24) is 5.32 Å². The first-order valence-corrected chi connectivity index (χ1v) is 10.5. The van der Waals surface area contributed by atoms with E-state index >= 15 is 0 Å². The molecule has 0 saturated heterocycles. The van der Waals surface area contributed by atoms with E-state index in [0.717, 1.165) is 17.7 Å². The van der Waals surface area contributed by atoms with E-state index in [9.17, 15) is 9.59 Å². The molecule has 0 radical (unpaired) electrons. The van der Waals surface area contributed by atoms with Gasteiger partial charge in [-0.2, -0.15) is 0 Å². The van der Waals surface area contributed by atoms with E-state index in [-0.39, 0.29) is 17.7 Å². The molecule has 0 spiro atoms. The van der Waals surface area contributed by atoms with Crippen molar-refractivity contribution in [3.05, 3.63) is 59.7 Å². The minimum atomic E-state index is -0.240. The van der Waals surface area contributed by atoms with Gasteiger partial charge in [0.05, 0.1) is 11.5 Å². The molecule has 2 amide bonds. The summed E-state index contributed by atoms with van der Waals surface area (Å²) in [5.41, 5.74) is 2.92. The Labute approximate surface area is 179 Å². The van der Waals surface area contributed by atoms with E-state index < -0.39 is 0 Å². The van der Waals surface area contributed by atoms with Gasteiger partial charge in [0.2, 0.25) is 5.91 Å². The molecule has 0 aliphatic rings. The molecule has 0 aromatic heterocycles. The smallest absolute Gasteiger partial charge is 0.253 e. The van der Waals surface area contributed by atoms with Crippen molar-refractivity contribution in [3.8, 4) is 0 Å². The zero-order valence-corrected chi connectivity index (χ0v) is 18.4. The number of nitrogens with one attached hydrogen (secondary N) is 2. The number of nitrogens with zero attached hydrogens (tertiary/aromatic N) is 1. The second-order valence-electron chi connectivity index (χ2n) is 7.29. The Morgan fingerprint density at radius 3 is 2.43 bits per heavy atom. The van der Waals surface area contributed by atoms with Crippen molar-refractivity contribution in [2.75, 3.05) is 44.1 Å². The predicted octanol–water partition coefficient (Wildman–Crippen LogP) is 4.04. The molecule has 0 aliphatic carbocycles. The van der Waals surface area contributed by atoms with Crippen LogP contribution in [-0.4, -0.2) is 45.7 Å². The molecule has 30 heavy (non-hydrogen) atoms. The van der Waals surface area contributed by atoms with Crippen molar-refractivity contribution in [2.45, 2.75) is 32.6 Å². The van der Waals surface area contributed by atoms with E-state index in [2.05, 4.69) is 10.6 Å². The molecule has 0 aliphatic heterocycles. The molecule has 0 heterocycles. The molecule has 0 fully saturated rings. The van der Waals surface area contributed by atoms with Gasteiger partial charge in [-0.3, -0.25) is 9.59 Å². The van der Waals surface area contributed by atoms with Crippen LogP contribution in [0.3, 0.4) is 0 Å². The number of hydrogen-bond acceptors (Lipinski definition) is 4. The van der Waals surface area contributed by atoms with Gasteiger partial charge in [-0.25, -0.2) is 0 Å². The van der Waals surface area contributed by atoms with Gasteiger partial charge in [-0.15, -0.1) is 0 Å². The Morgan fingerprint density at radius 1 is 1.07 bits per heavy atom. The highest BCUT2D eigenvalue weighted by Crippen LogP contribution is 2.25. The predicted molar refractivity (Wildman–Crippen MR) is 122 cm³/mol. The van der Waals surface area contributed by atoms with E-state index in [1.165, 1.54) is 0 Å². The molecule has 2 aromatic carbocycles. The number of rotatable bonds is 11. The Hall–Kier alpha value is -2.86. The van der Waals surface area contributed by atoms with Crippen molar-refractivity contribution in [1.29, 1.82) is 0 Å². The van der Waals surface area contributed by atoms with Crippen molar-refractivity contribution >= 4 is 23.2 Å². The highest BCUT2D eigenvalue weighted by atomic mass is 16.5. The fraction of sp³-hybridized carbons (Fsp3) is 0.417. The summed E-state index contributed by atoms with van der Waals surface area (Å²) >= 11 is 0. The minimum Gasteiger partial charge on any atom is -0.382 e. The Morgan fingerprint density at radius 2 is 1.80 bits per heavy atom. The van der Waals surface area contributed by atoms with Crippen LogP contribution in [0.4, 0.5) is 11.4 Å². The third kappa shape index (κ3) is 6.59. The van der Waals surface area contributed by atoms with Crippen LogP contribution in [0.1, 0.15) is 48.5 Å². The van der Waals surface area contributed by atoms with Gasteiger partial charge < -0.3 is 20.3 Å². The molecule has 6 nitrogen and oxygen atoms in total. The highest BCUT2D eigenvalue weighted by molar-refractivity contribution is 6.02. The lowest BCUT2D eigenvalue weighted by Crippen LogP contribution is -2.28. The molecular formula is C24H33N3O3. The van der Waals surface area contributed by atoms with E-state index in [4.69, 9.17) is 4.74 Å². The maximum Gasteiger partial charge on any atom is 0.253 e. The molecule has 2 N–H and O–H groups in total. The average molecular weight is 412 g/mol. The highest BCUT2D eigenvalue weighted by Gasteiger charge is 2.20. The number of carbonyl (C=O) groups is 2. The number of benzene rings is 2.